The summed E-state index contributed by atoms with van der Waals surface area (Å²) in [6, 6.07) is 0. The van der Waals surface area contributed by atoms with Crippen LogP contribution in [0.4, 0.5) is 0 Å². The van der Waals surface area contributed by atoms with Gasteiger partial charge in [-0.25, -0.2) is 0 Å². The van der Waals surface area contributed by atoms with Crippen molar-refractivity contribution in [2.75, 3.05) is 73.2 Å². The third-order valence-corrected chi connectivity index (χ3v) is 4.74. The Balaban J connectivity index is 1.61. The van der Waals surface area contributed by atoms with Crippen LogP contribution in [0.1, 0.15) is 25.7 Å². The van der Waals surface area contributed by atoms with Crippen molar-refractivity contribution in [3.8, 4) is 0 Å². The molecule has 0 aliphatic carbocycles. The lowest BCUT2D eigenvalue weighted by molar-refractivity contribution is 0.0536. The summed E-state index contributed by atoms with van der Waals surface area (Å²) < 4.78 is 10.7. The molecule has 0 amide bonds. The second kappa shape index (κ2) is 10.8. The molecule has 0 saturated carbocycles. The predicted molar refractivity (Wildman–Crippen MR) is 94.0 cm³/mol. The molecular weight excluding hydrogens is 292 g/mol. The van der Waals surface area contributed by atoms with E-state index in [9.17, 15) is 0 Å². The molecule has 2 rings (SSSR count). The van der Waals surface area contributed by atoms with Crippen molar-refractivity contribution in [1.82, 2.24) is 15.1 Å². The van der Waals surface area contributed by atoms with Crippen molar-refractivity contribution in [2.45, 2.75) is 25.7 Å². The van der Waals surface area contributed by atoms with Crippen molar-refractivity contribution in [3.63, 3.8) is 0 Å². The van der Waals surface area contributed by atoms with Crippen LogP contribution in [0.25, 0.3) is 0 Å². The van der Waals surface area contributed by atoms with Crippen molar-refractivity contribution in [2.24, 2.45) is 10.9 Å². The molecule has 2 aliphatic heterocycles. The largest absolute Gasteiger partial charge is 0.382 e. The standard InChI is InChI=1S/C17H34N4O2/c1-18-17(19-7-11-20-8-4-3-5-9-20)21-10-6-16(14-21)15-23-13-12-22-2/h16H,3-15H2,1-2H3,(H,18,19). The molecule has 0 bridgehead atoms. The quantitative estimate of drug-likeness (QED) is 0.410. The highest BCUT2D eigenvalue weighted by atomic mass is 16.5. The van der Waals surface area contributed by atoms with Gasteiger partial charge in [0.25, 0.3) is 0 Å². The summed E-state index contributed by atoms with van der Waals surface area (Å²) in [6.45, 7) is 8.92. The van der Waals surface area contributed by atoms with Gasteiger partial charge in [0, 0.05) is 46.3 Å². The minimum absolute atomic E-state index is 0.604. The summed E-state index contributed by atoms with van der Waals surface area (Å²) in [5.74, 6) is 1.65. The Labute approximate surface area is 141 Å². The zero-order valence-corrected chi connectivity index (χ0v) is 14.9. The number of ether oxygens (including phenoxy) is 2. The Morgan fingerprint density at radius 1 is 1.17 bits per heavy atom. The molecule has 23 heavy (non-hydrogen) atoms. The molecule has 0 aromatic heterocycles. The number of aliphatic imine (C=N–C) groups is 1. The number of guanidine groups is 1. The topological polar surface area (TPSA) is 49.3 Å². The van der Waals surface area contributed by atoms with Crippen LogP contribution in [-0.4, -0.2) is 89.0 Å². The summed E-state index contributed by atoms with van der Waals surface area (Å²) in [7, 11) is 3.59. The van der Waals surface area contributed by atoms with Crippen LogP contribution in [0.3, 0.4) is 0 Å². The van der Waals surface area contributed by atoms with E-state index in [0.717, 1.165) is 38.7 Å². The van der Waals surface area contributed by atoms with Gasteiger partial charge in [-0.2, -0.15) is 0 Å². The van der Waals surface area contributed by atoms with E-state index >= 15 is 0 Å². The molecule has 134 valence electrons. The molecule has 1 atom stereocenters. The number of piperidine rings is 1. The van der Waals surface area contributed by atoms with Crippen LogP contribution in [0.2, 0.25) is 0 Å². The van der Waals surface area contributed by atoms with E-state index in [1.165, 1.54) is 38.8 Å². The van der Waals surface area contributed by atoms with E-state index in [4.69, 9.17) is 9.47 Å². The molecule has 6 nitrogen and oxygen atoms in total. The summed E-state index contributed by atoms with van der Waals surface area (Å²) in [5.41, 5.74) is 0. The average molecular weight is 326 g/mol. The van der Waals surface area contributed by atoms with Gasteiger partial charge in [0.2, 0.25) is 0 Å². The number of rotatable bonds is 8. The molecule has 0 radical (unpaired) electrons. The van der Waals surface area contributed by atoms with Gasteiger partial charge in [-0.3, -0.25) is 4.99 Å². The van der Waals surface area contributed by atoms with Crippen molar-refractivity contribution < 1.29 is 9.47 Å². The molecule has 6 heteroatoms. The SMILES string of the molecule is CN=C(NCCN1CCCCC1)N1CCC(COCCOC)C1. The maximum atomic E-state index is 5.66. The van der Waals surface area contributed by atoms with Gasteiger partial charge in [0.1, 0.15) is 0 Å². The maximum Gasteiger partial charge on any atom is 0.193 e. The monoisotopic (exact) mass is 326 g/mol. The maximum absolute atomic E-state index is 5.66. The smallest absolute Gasteiger partial charge is 0.193 e. The van der Waals surface area contributed by atoms with Crippen LogP contribution in [0.15, 0.2) is 4.99 Å². The fraction of sp³-hybridized carbons (Fsp3) is 0.941. The Bertz CT molecular complexity index is 345. The average Bonchev–Trinajstić information content (AvgIpc) is 3.05. The summed E-state index contributed by atoms with van der Waals surface area (Å²) in [6.07, 6.45) is 5.28. The van der Waals surface area contributed by atoms with Gasteiger partial charge >= 0.3 is 0 Å². The Kier molecular flexibility index (Phi) is 8.71. The lowest BCUT2D eigenvalue weighted by Gasteiger charge is -2.28. The van der Waals surface area contributed by atoms with Gasteiger partial charge in [0.15, 0.2) is 5.96 Å². The number of hydrogen-bond acceptors (Lipinski definition) is 4. The molecule has 0 aromatic rings. The molecule has 1 N–H and O–H groups in total. The van der Waals surface area contributed by atoms with E-state index in [2.05, 4.69) is 20.1 Å². The van der Waals surface area contributed by atoms with Crippen LogP contribution in [0.5, 0.6) is 0 Å². The van der Waals surface area contributed by atoms with Gasteiger partial charge in [-0.1, -0.05) is 6.42 Å². The molecule has 2 saturated heterocycles. The first kappa shape index (κ1) is 18.5. The fourth-order valence-electron chi connectivity index (χ4n) is 3.39. The van der Waals surface area contributed by atoms with E-state index in [1.54, 1.807) is 7.11 Å². The summed E-state index contributed by atoms with van der Waals surface area (Å²) in [4.78, 5) is 9.37. The van der Waals surface area contributed by atoms with Crippen molar-refractivity contribution in [3.05, 3.63) is 0 Å². The van der Waals surface area contributed by atoms with Crippen LogP contribution >= 0.6 is 0 Å². The first-order chi connectivity index (χ1) is 11.3. The second-order valence-electron chi connectivity index (χ2n) is 6.54. The van der Waals surface area contributed by atoms with Crippen molar-refractivity contribution in [1.29, 1.82) is 0 Å². The van der Waals surface area contributed by atoms with Crippen LogP contribution in [-0.2, 0) is 9.47 Å². The zero-order valence-electron chi connectivity index (χ0n) is 14.9. The first-order valence-corrected chi connectivity index (χ1v) is 9.08. The van der Waals surface area contributed by atoms with E-state index < -0.39 is 0 Å². The lowest BCUT2D eigenvalue weighted by atomic mass is 10.1. The number of hydrogen-bond donors (Lipinski definition) is 1. The minimum Gasteiger partial charge on any atom is -0.382 e. The molecule has 2 heterocycles. The Morgan fingerprint density at radius 2 is 2.00 bits per heavy atom. The van der Waals surface area contributed by atoms with E-state index in [0.29, 0.717) is 19.1 Å². The lowest BCUT2D eigenvalue weighted by Crippen LogP contribution is -2.44. The number of nitrogens with one attached hydrogen (secondary N) is 1. The van der Waals surface area contributed by atoms with E-state index in [-0.39, 0.29) is 0 Å². The Hall–Kier alpha value is -0.850. The van der Waals surface area contributed by atoms with E-state index in [1.807, 2.05) is 7.05 Å². The van der Waals surface area contributed by atoms with Gasteiger partial charge in [-0.15, -0.1) is 0 Å². The normalized spacial score (nSPS) is 23.5. The first-order valence-electron chi connectivity index (χ1n) is 9.08. The second-order valence-corrected chi connectivity index (χ2v) is 6.54. The highest BCUT2D eigenvalue weighted by molar-refractivity contribution is 5.80. The third kappa shape index (κ3) is 6.65. The minimum atomic E-state index is 0.604. The molecule has 2 aliphatic rings. The number of likely N-dealkylation sites (tertiary alicyclic amines) is 2. The Morgan fingerprint density at radius 3 is 2.74 bits per heavy atom. The molecule has 0 spiro atoms. The van der Waals surface area contributed by atoms with Gasteiger partial charge < -0.3 is 24.6 Å². The van der Waals surface area contributed by atoms with Crippen LogP contribution in [0, 0.1) is 5.92 Å². The molecular formula is C17H34N4O2. The third-order valence-electron chi connectivity index (χ3n) is 4.74. The van der Waals surface area contributed by atoms with Gasteiger partial charge in [0.05, 0.1) is 19.8 Å². The summed E-state index contributed by atoms with van der Waals surface area (Å²) >= 11 is 0. The highest BCUT2D eigenvalue weighted by Crippen LogP contribution is 2.16. The molecule has 0 aromatic carbocycles. The number of methoxy groups -OCH3 is 1. The molecule has 1 unspecified atom stereocenters. The highest BCUT2D eigenvalue weighted by Gasteiger charge is 2.24. The predicted octanol–water partition coefficient (Wildman–Crippen LogP) is 1.03. The molecule has 2 fully saturated rings. The van der Waals surface area contributed by atoms with Crippen molar-refractivity contribution >= 4 is 5.96 Å². The van der Waals surface area contributed by atoms with Crippen LogP contribution < -0.4 is 5.32 Å². The fourth-order valence-corrected chi connectivity index (χ4v) is 3.39. The summed E-state index contributed by atoms with van der Waals surface area (Å²) in [5, 5.41) is 3.53. The van der Waals surface area contributed by atoms with Gasteiger partial charge in [-0.05, 0) is 32.4 Å². The number of nitrogens with zero attached hydrogens (tertiary/aromatic N) is 3. The zero-order chi connectivity index (χ0) is 16.3.